The molecule has 1 aliphatic rings. The van der Waals surface area contributed by atoms with Gasteiger partial charge in [-0.05, 0) is 54.1 Å². The molecule has 1 fully saturated rings. The number of ether oxygens (including phenoxy) is 2. The van der Waals surface area contributed by atoms with Crippen molar-refractivity contribution >= 4 is 23.1 Å². The largest absolute Gasteiger partial charge is 0.508 e. The van der Waals surface area contributed by atoms with E-state index in [-0.39, 0.29) is 17.1 Å². The summed E-state index contributed by atoms with van der Waals surface area (Å²) in [4.78, 5) is 27.6. The van der Waals surface area contributed by atoms with Crippen LogP contribution in [0.4, 0.5) is 5.69 Å². The molecule has 1 aliphatic heterocycles. The molecule has 3 aromatic rings. The second kappa shape index (κ2) is 8.47. The second-order valence-corrected chi connectivity index (χ2v) is 7.19. The number of Topliss-reactive ketones (excluding diaryl/α,β-unsaturated/α-hetero) is 1. The summed E-state index contributed by atoms with van der Waals surface area (Å²) >= 11 is 0. The number of carbonyl (C=O) groups is 2. The van der Waals surface area contributed by atoms with Crippen LogP contribution < -0.4 is 14.4 Å². The lowest BCUT2D eigenvalue weighted by Crippen LogP contribution is -2.29. The van der Waals surface area contributed by atoms with E-state index in [2.05, 4.69) is 0 Å². The van der Waals surface area contributed by atoms with E-state index < -0.39 is 17.7 Å². The molecular formula is C25H21NO6. The molecule has 0 aliphatic carbocycles. The molecule has 2 N–H and O–H groups in total. The number of phenols is 1. The molecule has 0 saturated carbocycles. The van der Waals surface area contributed by atoms with E-state index >= 15 is 0 Å². The number of amides is 1. The lowest BCUT2D eigenvalue weighted by molar-refractivity contribution is -0.132. The summed E-state index contributed by atoms with van der Waals surface area (Å²) < 4.78 is 10.4. The number of nitrogens with zero attached hydrogens (tertiary/aromatic N) is 1. The first kappa shape index (κ1) is 21.0. The minimum atomic E-state index is -0.898. The Morgan fingerprint density at radius 2 is 1.53 bits per heavy atom. The molecule has 162 valence electrons. The molecule has 0 radical (unpaired) electrons. The summed E-state index contributed by atoms with van der Waals surface area (Å²) in [5, 5.41) is 20.8. The standard InChI is InChI=1S/C25H21NO6/c1-31-19-12-8-16(9-13-19)23(28)21-22(15-6-10-18(27)11-7-15)26(25(30)24(21)29)17-4-3-5-20(14-17)32-2/h3-14,22,27-28H,1-2H3/b23-21+. The fourth-order valence-corrected chi connectivity index (χ4v) is 3.74. The number of carbonyl (C=O) groups excluding carboxylic acids is 2. The maximum atomic E-state index is 13.1. The predicted molar refractivity (Wildman–Crippen MR) is 119 cm³/mol. The van der Waals surface area contributed by atoms with Crippen molar-refractivity contribution in [1.29, 1.82) is 0 Å². The Hall–Kier alpha value is -4.26. The van der Waals surface area contributed by atoms with Gasteiger partial charge in [0.25, 0.3) is 11.7 Å². The number of methoxy groups -OCH3 is 2. The highest BCUT2D eigenvalue weighted by Crippen LogP contribution is 2.43. The van der Waals surface area contributed by atoms with Crippen molar-refractivity contribution in [3.05, 3.63) is 89.5 Å². The highest BCUT2D eigenvalue weighted by Gasteiger charge is 2.47. The van der Waals surface area contributed by atoms with Gasteiger partial charge in [-0.1, -0.05) is 18.2 Å². The van der Waals surface area contributed by atoms with Gasteiger partial charge in [-0.25, -0.2) is 0 Å². The van der Waals surface area contributed by atoms with E-state index in [0.717, 1.165) is 0 Å². The number of aliphatic hydroxyl groups excluding tert-OH is 1. The van der Waals surface area contributed by atoms with Crippen LogP contribution in [0.15, 0.2) is 78.4 Å². The summed E-state index contributed by atoms with van der Waals surface area (Å²) in [6.45, 7) is 0. The van der Waals surface area contributed by atoms with Crippen molar-refractivity contribution in [2.75, 3.05) is 19.1 Å². The zero-order chi connectivity index (χ0) is 22.8. The molecule has 7 heteroatoms. The average molecular weight is 431 g/mol. The third kappa shape index (κ3) is 3.65. The van der Waals surface area contributed by atoms with E-state index in [4.69, 9.17) is 9.47 Å². The monoisotopic (exact) mass is 431 g/mol. The maximum Gasteiger partial charge on any atom is 0.300 e. The minimum absolute atomic E-state index is 0.0437. The van der Waals surface area contributed by atoms with Crippen molar-refractivity contribution in [2.24, 2.45) is 0 Å². The van der Waals surface area contributed by atoms with Gasteiger partial charge in [0.2, 0.25) is 0 Å². The van der Waals surface area contributed by atoms with Gasteiger partial charge in [0.1, 0.15) is 23.0 Å². The van der Waals surface area contributed by atoms with Crippen LogP contribution in [0.2, 0.25) is 0 Å². The molecule has 0 aromatic heterocycles. The van der Waals surface area contributed by atoms with Crippen molar-refractivity contribution in [3.63, 3.8) is 0 Å². The van der Waals surface area contributed by atoms with E-state index in [1.54, 1.807) is 60.7 Å². The normalized spacial score (nSPS) is 17.4. The van der Waals surface area contributed by atoms with Gasteiger partial charge >= 0.3 is 0 Å². The van der Waals surface area contributed by atoms with Crippen LogP contribution in [0, 0.1) is 0 Å². The zero-order valence-electron chi connectivity index (χ0n) is 17.5. The predicted octanol–water partition coefficient (Wildman–Crippen LogP) is 4.04. The summed E-state index contributed by atoms with van der Waals surface area (Å²) in [6.07, 6.45) is 0. The molecule has 1 atom stereocenters. The third-order valence-corrected chi connectivity index (χ3v) is 5.35. The molecule has 32 heavy (non-hydrogen) atoms. The van der Waals surface area contributed by atoms with Gasteiger partial charge in [0.05, 0.1) is 25.8 Å². The Kier molecular flexibility index (Phi) is 5.55. The zero-order valence-corrected chi connectivity index (χ0v) is 17.5. The molecule has 1 saturated heterocycles. The molecule has 0 spiro atoms. The third-order valence-electron chi connectivity index (χ3n) is 5.35. The quantitative estimate of drug-likeness (QED) is 0.360. The smallest absolute Gasteiger partial charge is 0.300 e. The van der Waals surface area contributed by atoms with Crippen LogP contribution in [0.1, 0.15) is 17.2 Å². The average Bonchev–Trinajstić information content (AvgIpc) is 3.09. The van der Waals surface area contributed by atoms with Crippen LogP contribution >= 0.6 is 0 Å². The summed E-state index contributed by atoms with van der Waals surface area (Å²) in [5.41, 5.74) is 1.32. The molecule has 4 rings (SSSR count). The first-order valence-corrected chi connectivity index (χ1v) is 9.83. The van der Waals surface area contributed by atoms with Crippen molar-refractivity contribution in [2.45, 2.75) is 6.04 Å². The number of anilines is 1. The number of ketones is 1. The Morgan fingerprint density at radius 1 is 0.875 bits per heavy atom. The Labute approximate surface area is 184 Å². The summed E-state index contributed by atoms with van der Waals surface area (Å²) in [7, 11) is 3.04. The van der Waals surface area contributed by atoms with Gasteiger partial charge in [-0.15, -0.1) is 0 Å². The Morgan fingerprint density at radius 3 is 2.16 bits per heavy atom. The number of aliphatic hydroxyl groups is 1. The first-order valence-electron chi connectivity index (χ1n) is 9.83. The highest BCUT2D eigenvalue weighted by molar-refractivity contribution is 6.51. The number of hydrogen-bond donors (Lipinski definition) is 2. The minimum Gasteiger partial charge on any atom is -0.508 e. The number of benzene rings is 3. The van der Waals surface area contributed by atoms with Gasteiger partial charge in [-0.2, -0.15) is 0 Å². The molecule has 0 bridgehead atoms. The molecular weight excluding hydrogens is 410 g/mol. The number of hydrogen-bond acceptors (Lipinski definition) is 6. The van der Waals surface area contributed by atoms with E-state index in [1.165, 1.54) is 31.3 Å². The van der Waals surface area contributed by atoms with E-state index in [1.807, 2.05) is 0 Å². The Bertz CT molecular complexity index is 1200. The van der Waals surface area contributed by atoms with Crippen LogP contribution in [0.25, 0.3) is 5.76 Å². The van der Waals surface area contributed by atoms with Crippen molar-refractivity contribution in [3.8, 4) is 17.2 Å². The second-order valence-electron chi connectivity index (χ2n) is 7.19. The first-order chi connectivity index (χ1) is 15.4. The van der Waals surface area contributed by atoms with Crippen LogP contribution in [0.5, 0.6) is 17.2 Å². The van der Waals surface area contributed by atoms with Crippen molar-refractivity contribution in [1.82, 2.24) is 0 Å². The summed E-state index contributed by atoms with van der Waals surface area (Å²) in [6, 6.07) is 18.6. The number of rotatable bonds is 5. The SMILES string of the molecule is COc1ccc(/C(O)=C2\C(=O)C(=O)N(c3cccc(OC)c3)C2c2ccc(O)cc2)cc1. The fourth-order valence-electron chi connectivity index (χ4n) is 3.74. The fraction of sp³-hybridized carbons (Fsp3) is 0.120. The lowest BCUT2D eigenvalue weighted by atomic mass is 9.95. The van der Waals surface area contributed by atoms with Gasteiger partial charge in [0, 0.05) is 17.3 Å². The molecule has 1 amide bonds. The highest BCUT2D eigenvalue weighted by atomic mass is 16.5. The van der Waals surface area contributed by atoms with Crippen LogP contribution in [-0.4, -0.2) is 36.1 Å². The molecule has 1 unspecified atom stereocenters. The maximum absolute atomic E-state index is 13.1. The molecule has 1 heterocycles. The lowest BCUT2D eigenvalue weighted by Gasteiger charge is -2.25. The van der Waals surface area contributed by atoms with Crippen molar-refractivity contribution < 1.29 is 29.3 Å². The van der Waals surface area contributed by atoms with E-state index in [9.17, 15) is 19.8 Å². The molecule has 3 aromatic carbocycles. The Balaban J connectivity index is 1.92. The van der Waals surface area contributed by atoms with Crippen LogP contribution in [-0.2, 0) is 9.59 Å². The topological polar surface area (TPSA) is 96.3 Å². The van der Waals surface area contributed by atoms with Gasteiger partial charge in [0.15, 0.2) is 0 Å². The van der Waals surface area contributed by atoms with E-state index in [0.29, 0.717) is 28.3 Å². The van der Waals surface area contributed by atoms with Crippen LogP contribution in [0.3, 0.4) is 0 Å². The number of aromatic hydroxyl groups is 1. The van der Waals surface area contributed by atoms with Gasteiger partial charge < -0.3 is 19.7 Å². The summed E-state index contributed by atoms with van der Waals surface area (Å²) in [5.74, 6) is -0.722. The molecule has 7 nitrogen and oxygen atoms in total. The van der Waals surface area contributed by atoms with Gasteiger partial charge in [-0.3, -0.25) is 14.5 Å². The number of phenolic OH excluding ortho intramolecular Hbond substituents is 1.